The number of furan rings is 1. The number of hydrogen-bond acceptors (Lipinski definition) is 5. The van der Waals surface area contributed by atoms with Crippen molar-refractivity contribution in [2.75, 3.05) is 7.11 Å². The van der Waals surface area contributed by atoms with Crippen molar-refractivity contribution in [3.05, 3.63) is 88.5 Å². The summed E-state index contributed by atoms with van der Waals surface area (Å²) in [6, 6.07) is 14.7. The van der Waals surface area contributed by atoms with Gasteiger partial charge in [-0.3, -0.25) is 9.89 Å². The molecule has 1 amide bonds. The Balaban J connectivity index is 1.71. The largest absolute Gasteiger partial charge is 0.507 e. The van der Waals surface area contributed by atoms with E-state index in [0.717, 1.165) is 22.3 Å². The van der Waals surface area contributed by atoms with Crippen LogP contribution in [0.25, 0.3) is 11.3 Å². The predicted molar refractivity (Wildman–Crippen MR) is 119 cm³/mol. The standard InChI is InChI=1S/C25H23N3O4/c1-14-10-15(2)24(29)19(11-14)21-20-22(27-26-21)25(30)28(13-18-8-5-9-32-18)23(20)16-6-4-7-17(12-16)31-3/h4-12,23,29H,13H2,1-3H3,(H,26,27). The lowest BCUT2D eigenvalue weighted by molar-refractivity contribution is 0.0717. The van der Waals surface area contributed by atoms with Gasteiger partial charge in [0.25, 0.3) is 5.91 Å². The summed E-state index contributed by atoms with van der Waals surface area (Å²) in [6.07, 6.45) is 1.59. The van der Waals surface area contributed by atoms with Crippen LogP contribution in [0.5, 0.6) is 11.5 Å². The van der Waals surface area contributed by atoms with E-state index in [1.165, 1.54) is 0 Å². The predicted octanol–water partition coefficient (Wildman–Crippen LogP) is 4.75. The molecule has 0 spiro atoms. The Bertz CT molecular complexity index is 1310. The summed E-state index contributed by atoms with van der Waals surface area (Å²) in [4.78, 5) is 15.2. The van der Waals surface area contributed by atoms with Crippen LogP contribution >= 0.6 is 0 Å². The maximum absolute atomic E-state index is 13.4. The summed E-state index contributed by atoms with van der Waals surface area (Å²) in [7, 11) is 1.61. The highest BCUT2D eigenvalue weighted by atomic mass is 16.5. The molecule has 7 heteroatoms. The maximum atomic E-state index is 13.4. The van der Waals surface area contributed by atoms with E-state index in [9.17, 15) is 9.90 Å². The average molecular weight is 429 g/mol. The molecule has 2 N–H and O–H groups in total. The lowest BCUT2D eigenvalue weighted by Crippen LogP contribution is -2.29. The summed E-state index contributed by atoms with van der Waals surface area (Å²) >= 11 is 0. The van der Waals surface area contributed by atoms with Crippen LogP contribution in [0.2, 0.25) is 0 Å². The highest BCUT2D eigenvalue weighted by Gasteiger charge is 2.43. The van der Waals surface area contributed by atoms with E-state index in [1.807, 2.05) is 56.3 Å². The molecule has 0 saturated carbocycles. The van der Waals surface area contributed by atoms with Crippen LogP contribution in [-0.4, -0.2) is 33.2 Å². The van der Waals surface area contributed by atoms with E-state index in [2.05, 4.69) is 10.2 Å². The summed E-state index contributed by atoms with van der Waals surface area (Å²) in [5, 5.41) is 18.2. The first-order valence-electron chi connectivity index (χ1n) is 10.3. The fraction of sp³-hybridized carbons (Fsp3) is 0.200. The van der Waals surface area contributed by atoms with Gasteiger partial charge in [0.1, 0.15) is 28.6 Å². The third-order valence-corrected chi connectivity index (χ3v) is 5.88. The second kappa shape index (κ2) is 7.60. The molecule has 3 heterocycles. The molecule has 0 aliphatic carbocycles. The van der Waals surface area contributed by atoms with Gasteiger partial charge in [-0.05, 0) is 60.9 Å². The minimum absolute atomic E-state index is 0.159. The van der Waals surface area contributed by atoms with Gasteiger partial charge in [-0.15, -0.1) is 0 Å². The quantitative estimate of drug-likeness (QED) is 0.478. The number of ether oxygens (including phenoxy) is 1. The fourth-order valence-electron chi connectivity index (χ4n) is 4.43. The molecular weight excluding hydrogens is 406 g/mol. The summed E-state index contributed by atoms with van der Waals surface area (Å²) in [5.41, 5.74) is 4.95. The second-order valence-electron chi connectivity index (χ2n) is 8.03. The van der Waals surface area contributed by atoms with Crippen LogP contribution in [0.15, 0.2) is 59.2 Å². The van der Waals surface area contributed by atoms with Crippen LogP contribution in [0, 0.1) is 13.8 Å². The molecule has 1 atom stereocenters. The van der Waals surface area contributed by atoms with Gasteiger partial charge in [0.2, 0.25) is 0 Å². The number of aromatic amines is 1. The molecule has 7 nitrogen and oxygen atoms in total. The highest BCUT2D eigenvalue weighted by molar-refractivity contribution is 6.00. The highest BCUT2D eigenvalue weighted by Crippen LogP contribution is 2.46. The number of carbonyl (C=O) groups excluding carboxylic acids is 1. The van der Waals surface area contributed by atoms with Crippen LogP contribution in [0.3, 0.4) is 0 Å². The summed E-state index contributed by atoms with van der Waals surface area (Å²) < 4.78 is 11.0. The van der Waals surface area contributed by atoms with Gasteiger partial charge in [-0.25, -0.2) is 0 Å². The molecule has 0 fully saturated rings. The molecular formula is C25H23N3O4. The number of nitrogens with zero attached hydrogens (tertiary/aromatic N) is 2. The van der Waals surface area contributed by atoms with Crippen LogP contribution in [0.4, 0.5) is 0 Å². The first-order valence-corrected chi connectivity index (χ1v) is 10.3. The molecule has 4 aromatic rings. The van der Waals surface area contributed by atoms with E-state index >= 15 is 0 Å². The van der Waals surface area contributed by atoms with Gasteiger partial charge in [0.15, 0.2) is 0 Å². The number of phenols is 1. The van der Waals surface area contributed by atoms with E-state index < -0.39 is 6.04 Å². The van der Waals surface area contributed by atoms with Crippen molar-refractivity contribution in [1.82, 2.24) is 15.1 Å². The minimum Gasteiger partial charge on any atom is -0.507 e. The number of aryl methyl sites for hydroxylation is 2. The summed E-state index contributed by atoms with van der Waals surface area (Å²) in [5.74, 6) is 1.36. The van der Waals surface area contributed by atoms with Gasteiger partial charge in [0, 0.05) is 11.1 Å². The summed E-state index contributed by atoms with van der Waals surface area (Å²) in [6.45, 7) is 4.12. The zero-order chi connectivity index (χ0) is 22.4. The topological polar surface area (TPSA) is 91.6 Å². The average Bonchev–Trinajstić information content (AvgIpc) is 3.50. The molecule has 0 saturated heterocycles. The van der Waals surface area contributed by atoms with Crippen molar-refractivity contribution in [3.63, 3.8) is 0 Å². The molecule has 2 aromatic heterocycles. The monoisotopic (exact) mass is 429 g/mol. The number of hydrogen-bond donors (Lipinski definition) is 2. The lowest BCUT2D eigenvalue weighted by atomic mass is 9.94. The third kappa shape index (κ3) is 3.13. The molecule has 2 aromatic carbocycles. The normalized spacial score (nSPS) is 15.3. The molecule has 1 unspecified atom stereocenters. The Morgan fingerprint density at radius 2 is 2.03 bits per heavy atom. The Morgan fingerprint density at radius 3 is 2.78 bits per heavy atom. The Hall–Kier alpha value is -4.00. The van der Waals surface area contributed by atoms with Crippen LogP contribution in [-0.2, 0) is 6.54 Å². The van der Waals surface area contributed by atoms with Crippen molar-refractivity contribution < 1.29 is 19.1 Å². The third-order valence-electron chi connectivity index (χ3n) is 5.88. The van der Waals surface area contributed by atoms with Gasteiger partial charge in [-0.1, -0.05) is 18.2 Å². The number of aromatic nitrogens is 2. The van der Waals surface area contributed by atoms with Crippen molar-refractivity contribution >= 4 is 5.91 Å². The zero-order valence-electron chi connectivity index (χ0n) is 18.0. The van der Waals surface area contributed by atoms with Gasteiger partial charge in [-0.2, -0.15) is 5.10 Å². The van der Waals surface area contributed by atoms with E-state index in [4.69, 9.17) is 9.15 Å². The van der Waals surface area contributed by atoms with Crippen LogP contribution in [0.1, 0.15) is 44.5 Å². The van der Waals surface area contributed by atoms with Gasteiger partial charge in [0.05, 0.1) is 26.0 Å². The number of carbonyl (C=O) groups is 1. The van der Waals surface area contributed by atoms with Crippen molar-refractivity contribution in [2.45, 2.75) is 26.4 Å². The Morgan fingerprint density at radius 1 is 1.19 bits per heavy atom. The number of methoxy groups -OCH3 is 1. The molecule has 32 heavy (non-hydrogen) atoms. The van der Waals surface area contributed by atoms with Gasteiger partial charge >= 0.3 is 0 Å². The molecule has 1 aliphatic heterocycles. The number of H-pyrrole nitrogens is 1. The number of amides is 1. The Kier molecular flexibility index (Phi) is 4.74. The molecule has 5 rings (SSSR count). The Labute approximate surface area is 185 Å². The fourth-order valence-corrected chi connectivity index (χ4v) is 4.43. The number of nitrogens with one attached hydrogen (secondary N) is 1. The van der Waals surface area contributed by atoms with Crippen LogP contribution < -0.4 is 4.74 Å². The first-order chi connectivity index (χ1) is 15.5. The lowest BCUT2D eigenvalue weighted by Gasteiger charge is -2.26. The van der Waals surface area contributed by atoms with E-state index in [0.29, 0.717) is 35.0 Å². The molecule has 162 valence electrons. The molecule has 0 radical (unpaired) electrons. The first kappa shape index (κ1) is 19.9. The SMILES string of the molecule is COc1cccc(C2c3c(-c4cc(C)cc(C)c4O)n[nH]c3C(=O)N2Cc2ccco2)c1. The van der Waals surface area contributed by atoms with Crippen molar-refractivity contribution in [2.24, 2.45) is 0 Å². The maximum Gasteiger partial charge on any atom is 0.273 e. The number of aromatic hydroxyl groups is 1. The van der Waals surface area contributed by atoms with Gasteiger partial charge < -0.3 is 19.2 Å². The minimum atomic E-state index is -0.424. The van der Waals surface area contributed by atoms with Crippen molar-refractivity contribution in [1.29, 1.82) is 0 Å². The number of benzene rings is 2. The van der Waals surface area contributed by atoms with E-state index in [1.54, 1.807) is 24.3 Å². The van der Waals surface area contributed by atoms with Crippen molar-refractivity contribution in [3.8, 4) is 22.8 Å². The molecule has 1 aliphatic rings. The molecule has 0 bridgehead atoms. The number of rotatable bonds is 5. The smallest absolute Gasteiger partial charge is 0.273 e. The number of fused-ring (bicyclic) bond motifs is 1. The number of phenolic OH excluding ortho intramolecular Hbond substituents is 1. The zero-order valence-corrected chi connectivity index (χ0v) is 18.0. The van der Waals surface area contributed by atoms with E-state index in [-0.39, 0.29) is 11.7 Å². The second-order valence-corrected chi connectivity index (χ2v) is 8.03.